The second kappa shape index (κ2) is 4.63. The van der Waals surface area contributed by atoms with Gasteiger partial charge in [-0.05, 0) is 64.7 Å². The zero-order chi connectivity index (χ0) is 16.4. The minimum absolute atomic E-state index is 0.264. The van der Waals surface area contributed by atoms with E-state index in [2.05, 4.69) is 16.0 Å². The van der Waals surface area contributed by atoms with Crippen LogP contribution in [0.4, 0.5) is 0 Å². The van der Waals surface area contributed by atoms with Crippen LogP contribution in [-0.2, 0) is 0 Å². The lowest BCUT2D eigenvalue weighted by Crippen LogP contribution is -2.46. The number of aryl methyl sites for hydroxylation is 3. The topological polar surface area (TPSA) is 58.1 Å². The monoisotopic (exact) mass is 310 g/mol. The van der Waals surface area contributed by atoms with E-state index in [4.69, 9.17) is 4.74 Å². The maximum Gasteiger partial charge on any atom is 0.138 e. The van der Waals surface area contributed by atoms with E-state index in [9.17, 15) is 5.11 Å². The summed E-state index contributed by atoms with van der Waals surface area (Å²) in [5.41, 5.74) is 5.64. The molecular weight excluding hydrogens is 288 g/mol. The molecule has 0 amide bonds. The van der Waals surface area contributed by atoms with Gasteiger partial charge in [0.25, 0.3) is 0 Å². The molecule has 0 unspecified atom stereocenters. The van der Waals surface area contributed by atoms with Crippen molar-refractivity contribution in [1.82, 2.24) is 9.97 Å². The number of ether oxygens (including phenoxy) is 1. The number of phenolic OH excluding ortho intramolecular Hbond substituents is 1. The maximum absolute atomic E-state index is 10.3. The molecule has 0 saturated heterocycles. The normalized spacial score (nSPS) is 18.2. The first-order valence-corrected chi connectivity index (χ1v) is 8.19. The number of nitrogens with one attached hydrogen (secondary N) is 1. The number of aromatic hydroxyl groups is 1. The zero-order valence-electron chi connectivity index (χ0n) is 14.1. The van der Waals surface area contributed by atoms with Gasteiger partial charge in [0.1, 0.15) is 22.9 Å². The lowest BCUT2D eigenvalue weighted by Gasteiger charge is -2.46. The molecule has 2 aliphatic rings. The first-order valence-electron chi connectivity index (χ1n) is 8.19. The van der Waals surface area contributed by atoms with Crippen molar-refractivity contribution in [3.05, 3.63) is 40.0 Å². The Kier molecular flexibility index (Phi) is 2.89. The smallest absolute Gasteiger partial charge is 0.138 e. The predicted octanol–water partition coefficient (Wildman–Crippen LogP) is 4.20. The molecule has 4 heteroatoms. The molecule has 0 atom stereocenters. The molecule has 4 rings (SSSR count). The van der Waals surface area contributed by atoms with Crippen LogP contribution in [0.5, 0.6) is 11.5 Å². The molecule has 0 radical (unpaired) electrons. The van der Waals surface area contributed by atoms with Crippen LogP contribution >= 0.6 is 0 Å². The van der Waals surface area contributed by atoms with Crippen LogP contribution in [0.1, 0.15) is 53.2 Å². The number of imidazole rings is 1. The van der Waals surface area contributed by atoms with Crippen LogP contribution in [0.25, 0.3) is 11.6 Å². The van der Waals surface area contributed by atoms with Crippen LogP contribution in [0.15, 0.2) is 6.07 Å². The minimum Gasteiger partial charge on any atom is -0.507 e. The average Bonchev–Trinajstić information content (AvgIpc) is 2.81. The van der Waals surface area contributed by atoms with Gasteiger partial charge in [0, 0.05) is 22.4 Å². The third-order valence-corrected chi connectivity index (χ3v) is 5.38. The standard InChI is InChI=1S/C19H22N2O2/c1-10-8-16-14(11(2)17(10)22)9-15(19(23-16)6-5-7-19)18-20-12(3)13(4)21-18/h8-9,22H,5-7H2,1-4H3,(H,20,21). The van der Waals surface area contributed by atoms with Crippen LogP contribution in [0.3, 0.4) is 0 Å². The molecule has 2 heterocycles. The number of aromatic amines is 1. The van der Waals surface area contributed by atoms with Crippen LogP contribution in [0.2, 0.25) is 0 Å². The quantitative estimate of drug-likeness (QED) is 0.829. The molecule has 1 aliphatic heterocycles. The summed E-state index contributed by atoms with van der Waals surface area (Å²) in [5.74, 6) is 2.12. The molecule has 1 aliphatic carbocycles. The Hall–Kier alpha value is -2.23. The number of fused-ring (bicyclic) bond motifs is 1. The Morgan fingerprint density at radius 2 is 1.96 bits per heavy atom. The SMILES string of the molecule is Cc1cc2c(c(C)c1O)C=C(c1nc(C)c(C)[nH]1)C1(CCC1)O2. The van der Waals surface area contributed by atoms with E-state index in [-0.39, 0.29) is 5.60 Å². The number of H-pyrrole nitrogens is 1. The Morgan fingerprint density at radius 3 is 2.52 bits per heavy atom. The summed E-state index contributed by atoms with van der Waals surface area (Å²) in [6.07, 6.45) is 5.34. The molecule has 1 aromatic carbocycles. The Bertz CT molecular complexity index is 822. The highest BCUT2D eigenvalue weighted by molar-refractivity contribution is 5.89. The fourth-order valence-electron chi connectivity index (χ4n) is 3.58. The Balaban J connectivity index is 1.94. The molecule has 1 spiro atoms. The summed E-state index contributed by atoms with van der Waals surface area (Å²) in [6.45, 7) is 7.91. The van der Waals surface area contributed by atoms with Crippen molar-refractivity contribution in [3.63, 3.8) is 0 Å². The van der Waals surface area contributed by atoms with E-state index < -0.39 is 0 Å². The molecule has 2 aromatic rings. The second-order valence-electron chi connectivity index (χ2n) is 6.88. The van der Waals surface area contributed by atoms with Crippen LogP contribution in [-0.4, -0.2) is 20.7 Å². The zero-order valence-corrected chi connectivity index (χ0v) is 14.1. The van der Waals surface area contributed by atoms with Crippen molar-refractivity contribution in [3.8, 4) is 11.5 Å². The van der Waals surface area contributed by atoms with Gasteiger partial charge < -0.3 is 14.8 Å². The second-order valence-corrected chi connectivity index (χ2v) is 6.88. The molecule has 4 nitrogen and oxygen atoms in total. The highest BCUT2D eigenvalue weighted by Gasteiger charge is 2.47. The molecule has 0 bridgehead atoms. The predicted molar refractivity (Wildman–Crippen MR) is 90.7 cm³/mol. The Morgan fingerprint density at radius 1 is 1.22 bits per heavy atom. The minimum atomic E-state index is -0.264. The van der Waals surface area contributed by atoms with E-state index in [0.29, 0.717) is 5.75 Å². The highest BCUT2D eigenvalue weighted by atomic mass is 16.5. The number of benzene rings is 1. The molecule has 1 fully saturated rings. The number of phenols is 1. The van der Waals surface area contributed by atoms with Crippen molar-refractivity contribution in [2.45, 2.75) is 52.6 Å². The van der Waals surface area contributed by atoms with Gasteiger partial charge in [-0.15, -0.1) is 0 Å². The van der Waals surface area contributed by atoms with E-state index in [1.807, 2.05) is 33.8 Å². The first-order chi connectivity index (χ1) is 10.9. The van der Waals surface area contributed by atoms with Gasteiger partial charge in [0.15, 0.2) is 0 Å². The van der Waals surface area contributed by atoms with Crippen molar-refractivity contribution < 1.29 is 9.84 Å². The lowest BCUT2D eigenvalue weighted by atomic mass is 9.72. The van der Waals surface area contributed by atoms with Crippen molar-refractivity contribution >= 4 is 11.6 Å². The number of hydrogen-bond acceptors (Lipinski definition) is 3. The summed E-state index contributed by atoms with van der Waals surface area (Å²) in [7, 11) is 0. The lowest BCUT2D eigenvalue weighted by molar-refractivity contribution is 0.0478. The summed E-state index contributed by atoms with van der Waals surface area (Å²) in [5, 5.41) is 10.3. The molecular formula is C19H22N2O2. The number of rotatable bonds is 1. The van der Waals surface area contributed by atoms with Crippen molar-refractivity contribution in [2.24, 2.45) is 0 Å². The average molecular weight is 310 g/mol. The van der Waals surface area contributed by atoms with E-state index in [1.165, 1.54) is 6.42 Å². The van der Waals surface area contributed by atoms with E-state index in [1.54, 1.807) is 0 Å². The van der Waals surface area contributed by atoms with Gasteiger partial charge in [0.2, 0.25) is 0 Å². The number of aromatic nitrogens is 2. The van der Waals surface area contributed by atoms with Crippen LogP contribution < -0.4 is 4.74 Å². The van der Waals surface area contributed by atoms with Gasteiger partial charge in [-0.3, -0.25) is 0 Å². The number of hydrogen-bond donors (Lipinski definition) is 2. The summed E-state index contributed by atoms with van der Waals surface area (Å²) < 4.78 is 6.45. The van der Waals surface area contributed by atoms with Gasteiger partial charge in [-0.1, -0.05) is 0 Å². The van der Waals surface area contributed by atoms with Gasteiger partial charge in [-0.25, -0.2) is 4.98 Å². The molecule has 120 valence electrons. The van der Waals surface area contributed by atoms with E-state index >= 15 is 0 Å². The summed E-state index contributed by atoms with van der Waals surface area (Å²) in [6, 6.07) is 1.95. The largest absolute Gasteiger partial charge is 0.507 e. The Labute approximate surface area is 136 Å². The van der Waals surface area contributed by atoms with Crippen molar-refractivity contribution in [1.29, 1.82) is 0 Å². The summed E-state index contributed by atoms with van der Waals surface area (Å²) in [4.78, 5) is 8.08. The van der Waals surface area contributed by atoms with Crippen LogP contribution in [0, 0.1) is 27.7 Å². The van der Waals surface area contributed by atoms with Gasteiger partial charge in [0.05, 0.1) is 5.69 Å². The molecule has 23 heavy (non-hydrogen) atoms. The third kappa shape index (κ3) is 1.94. The molecule has 2 N–H and O–H groups in total. The molecule has 1 saturated carbocycles. The van der Waals surface area contributed by atoms with E-state index in [0.717, 1.165) is 58.1 Å². The fraction of sp³-hybridized carbons (Fsp3) is 0.421. The molecule has 1 aromatic heterocycles. The highest BCUT2D eigenvalue weighted by Crippen LogP contribution is 2.52. The fourth-order valence-corrected chi connectivity index (χ4v) is 3.58. The van der Waals surface area contributed by atoms with Gasteiger partial charge >= 0.3 is 0 Å². The summed E-state index contributed by atoms with van der Waals surface area (Å²) >= 11 is 0. The van der Waals surface area contributed by atoms with Crippen molar-refractivity contribution in [2.75, 3.05) is 0 Å². The number of nitrogens with zero attached hydrogens (tertiary/aromatic N) is 1. The first kappa shape index (κ1) is 14.4. The third-order valence-electron chi connectivity index (χ3n) is 5.38. The van der Waals surface area contributed by atoms with Gasteiger partial charge in [-0.2, -0.15) is 0 Å². The maximum atomic E-state index is 10.3.